The maximum Gasteiger partial charge on any atom is 0.475 e. The number of likely N-dealkylation sites (tertiary alicyclic amines) is 1. The lowest BCUT2D eigenvalue weighted by molar-refractivity contribution is -0.128. The van der Waals surface area contributed by atoms with Crippen LogP contribution >= 0.6 is 0 Å². The number of hydrogen-bond donors (Lipinski definition) is 2. The van der Waals surface area contributed by atoms with Crippen LogP contribution in [0.1, 0.15) is 33.6 Å². The first-order valence-corrected chi connectivity index (χ1v) is 4.76. The van der Waals surface area contributed by atoms with E-state index in [1.165, 1.54) is 11.8 Å². The quantitative estimate of drug-likeness (QED) is 0.569. The summed E-state index contributed by atoms with van der Waals surface area (Å²) in [5, 5.41) is 17.7. The average molecular weight is 187 g/mol. The molecule has 5 heteroatoms. The first-order valence-electron chi connectivity index (χ1n) is 4.76. The molecule has 0 saturated carbocycles. The van der Waals surface area contributed by atoms with Crippen molar-refractivity contribution in [1.29, 1.82) is 0 Å². The third-order valence-electron chi connectivity index (χ3n) is 2.05. The molecule has 0 aromatic carbocycles. The van der Waals surface area contributed by atoms with Crippen LogP contribution in [0.15, 0.2) is 0 Å². The van der Waals surface area contributed by atoms with E-state index in [0.717, 1.165) is 6.42 Å². The zero-order valence-electron chi connectivity index (χ0n) is 8.53. The van der Waals surface area contributed by atoms with Crippen molar-refractivity contribution in [2.45, 2.75) is 39.6 Å². The molecule has 1 heterocycles. The van der Waals surface area contributed by atoms with Gasteiger partial charge in [0.1, 0.15) is 0 Å². The van der Waals surface area contributed by atoms with E-state index in [0.29, 0.717) is 13.0 Å². The average Bonchev–Trinajstić information content (AvgIpc) is 2.55. The summed E-state index contributed by atoms with van der Waals surface area (Å²) in [4.78, 5) is 12.4. The van der Waals surface area contributed by atoms with Crippen LogP contribution in [0.3, 0.4) is 0 Å². The van der Waals surface area contributed by atoms with Crippen LogP contribution < -0.4 is 0 Å². The van der Waals surface area contributed by atoms with Crippen molar-refractivity contribution in [2.24, 2.45) is 0 Å². The second-order valence-corrected chi connectivity index (χ2v) is 2.84. The molecule has 1 amide bonds. The van der Waals surface area contributed by atoms with Crippen LogP contribution in [0.4, 0.5) is 0 Å². The van der Waals surface area contributed by atoms with Gasteiger partial charge in [-0.2, -0.15) is 0 Å². The number of nitrogens with zero attached hydrogens (tertiary/aromatic N) is 1. The Morgan fingerprint density at radius 2 is 2.00 bits per heavy atom. The highest BCUT2D eigenvalue weighted by molar-refractivity contribution is 6.43. The molecular formula is C8H18BNO3. The van der Waals surface area contributed by atoms with Crippen LogP contribution in [0.25, 0.3) is 0 Å². The Kier molecular flexibility index (Phi) is 5.74. The van der Waals surface area contributed by atoms with Crippen LogP contribution in [0.5, 0.6) is 0 Å². The molecule has 0 aliphatic carbocycles. The molecule has 1 atom stereocenters. The second-order valence-electron chi connectivity index (χ2n) is 2.84. The lowest BCUT2D eigenvalue weighted by Gasteiger charge is -2.21. The van der Waals surface area contributed by atoms with E-state index >= 15 is 0 Å². The van der Waals surface area contributed by atoms with Gasteiger partial charge in [-0.3, -0.25) is 4.79 Å². The molecule has 2 N–H and O–H groups in total. The smallest absolute Gasteiger partial charge is 0.426 e. The van der Waals surface area contributed by atoms with Crippen molar-refractivity contribution in [2.75, 3.05) is 6.54 Å². The third-order valence-corrected chi connectivity index (χ3v) is 2.05. The van der Waals surface area contributed by atoms with E-state index in [1.807, 2.05) is 13.8 Å². The summed E-state index contributed by atoms with van der Waals surface area (Å²) in [5.41, 5.74) is 0. The summed E-state index contributed by atoms with van der Waals surface area (Å²) in [5.74, 6) is -0.465. The van der Waals surface area contributed by atoms with Gasteiger partial charge in [0.15, 0.2) is 0 Å². The second kappa shape index (κ2) is 5.99. The number of hydrogen-bond acceptors (Lipinski definition) is 3. The van der Waals surface area contributed by atoms with E-state index in [2.05, 4.69) is 0 Å². The fraction of sp³-hybridized carbons (Fsp3) is 0.875. The predicted octanol–water partition coefficient (Wildman–Crippen LogP) is 0.0355. The Bertz CT molecular complexity index is 163. The van der Waals surface area contributed by atoms with Crippen LogP contribution in [0, 0.1) is 0 Å². The molecule has 13 heavy (non-hydrogen) atoms. The van der Waals surface area contributed by atoms with Gasteiger partial charge in [-0.25, -0.2) is 0 Å². The predicted molar refractivity (Wildman–Crippen MR) is 51.9 cm³/mol. The van der Waals surface area contributed by atoms with Crippen LogP contribution in [-0.2, 0) is 4.79 Å². The SMILES string of the molecule is CC.CC(=O)N1CCCC1B(O)O. The van der Waals surface area contributed by atoms with Crippen molar-refractivity contribution in [1.82, 2.24) is 4.90 Å². The van der Waals surface area contributed by atoms with Gasteiger partial charge < -0.3 is 14.9 Å². The standard InChI is InChI=1S/C6H12BNO3.C2H6/c1-5(9)8-4-2-3-6(8)7(10)11;1-2/h6,10-11H,2-4H2,1H3;1-2H3. The third kappa shape index (κ3) is 3.36. The minimum absolute atomic E-state index is 0.0828. The van der Waals surface area contributed by atoms with Crippen molar-refractivity contribution in [3.8, 4) is 0 Å². The van der Waals surface area contributed by atoms with Gasteiger partial charge in [-0.15, -0.1) is 0 Å². The molecule has 4 nitrogen and oxygen atoms in total. The summed E-state index contributed by atoms with van der Waals surface area (Å²) in [6, 6.07) is 0. The van der Waals surface area contributed by atoms with Gasteiger partial charge in [-0.05, 0) is 12.8 Å². The first-order chi connectivity index (χ1) is 6.13. The van der Waals surface area contributed by atoms with Gasteiger partial charge in [-0.1, -0.05) is 13.8 Å². The monoisotopic (exact) mass is 187 g/mol. The number of rotatable bonds is 1. The molecule has 1 aliphatic heterocycles. The summed E-state index contributed by atoms with van der Waals surface area (Å²) in [7, 11) is -1.39. The normalized spacial score (nSPS) is 20.7. The summed E-state index contributed by atoms with van der Waals surface area (Å²) in [6.45, 7) is 6.10. The topological polar surface area (TPSA) is 60.8 Å². The summed E-state index contributed by atoms with van der Waals surface area (Å²) >= 11 is 0. The van der Waals surface area contributed by atoms with Gasteiger partial charge in [0, 0.05) is 13.5 Å². The number of carbonyl (C=O) groups excluding carboxylic acids is 1. The molecule has 0 aromatic rings. The molecule has 1 fully saturated rings. The lowest BCUT2D eigenvalue weighted by atomic mass is 9.78. The zero-order valence-corrected chi connectivity index (χ0v) is 8.53. The molecule has 0 spiro atoms. The van der Waals surface area contributed by atoms with Crippen molar-refractivity contribution < 1.29 is 14.8 Å². The van der Waals surface area contributed by atoms with Gasteiger partial charge in [0.25, 0.3) is 0 Å². The molecule has 0 radical (unpaired) electrons. The van der Waals surface area contributed by atoms with Crippen molar-refractivity contribution in [3.05, 3.63) is 0 Å². The molecule has 76 valence electrons. The maximum absolute atomic E-state index is 10.9. The van der Waals surface area contributed by atoms with E-state index in [4.69, 9.17) is 10.0 Å². The molecule has 0 bridgehead atoms. The van der Waals surface area contributed by atoms with Gasteiger partial charge >= 0.3 is 7.12 Å². The molecular weight excluding hydrogens is 169 g/mol. The van der Waals surface area contributed by atoms with Crippen LogP contribution in [-0.4, -0.2) is 40.5 Å². The van der Waals surface area contributed by atoms with Crippen LogP contribution in [0.2, 0.25) is 0 Å². The molecule has 1 aliphatic rings. The Balaban J connectivity index is 0.000000671. The van der Waals surface area contributed by atoms with Gasteiger partial charge in [0.05, 0.1) is 5.94 Å². The highest BCUT2D eigenvalue weighted by Gasteiger charge is 2.35. The Labute approximate surface area is 79.7 Å². The van der Waals surface area contributed by atoms with Crippen molar-refractivity contribution >= 4 is 13.0 Å². The minimum Gasteiger partial charge on any atom is -0.426 e. The highest BCUT2D eigenvalue weighted by atomic mass is 16.4. The van der Waals surface area contributed by atoms with E-state index in [9.17, 15) is 4.79 Å². The largest absolute Gasteiger partial charge is 0.475 e. The minimum atomic E-state index is -1.39. The van der Waals surface area contributed by atoms with Gasteiger partial charge in [0.2, 0.25) is 5.91 Å². The highest BCUT2D eigenvalue weighted by Crippen LogP contribution is 2.17. The zero-order chi connectivity index (χ0) is 10.4. The van der Waals surface area contributed by atoms with E-state index in [1.54, 1.807) is 0 Å². The molecule has 0 aromatic heterocycles. The summed E-state index contributed by atoms with van der Waals surface area (Å²) < 4.78 is 0. The Hall–Kier alpha value is -0.545. The fourth-order valence-corrected chi connectivity index (χ4v) is 1.49. The Morgan fingerprint density at radius 3 is 2.31 bits per heavy atom. The number of amides is 1. The molecule has 1 rings (SSSR count). The fourth-order valence-electron chi connectivity index (χ4n) is 1.49. The summed E-state index contributed by atoms with van der Waals surface area (Å²) in [6.07, 6.45) is 1.55. The lowest BCUT2D eigenvalue weighted by Crippen LogP contribution is -2.44. The molecule has 1 unspecified atom stereocenters. The molecule has 1 saturated heterocycles. The first kappa shape index (κ1) is 12.5. The Morgan fingerprint density at radius 1 is 1.46 bits per heavy atom. The van der Waals surface area contributed by atoms with E-state index < -0.39 is 7.12 Å². The maximum atomic E-state index is 10.9. The number of carbonyl (C=O) groups is 1. The van der Waals surface area contributed by atoms with Crippen molar-refractivity contribution in [3.63, 3.8) is 0 Å². The van der Waals surface area contributed by atoms with E-state index in [-0.39, 0.29) is 11.8 Å².